The van der Waals surface area contributed by atoms with Crippen molar-refractivity contribution in [2.24, 2.45) is 5.92 Å². The summed E-state index contributed by atoms with van der Waals surface area (Å²) in [6.45, 7) is 7.89. The average molecular weight is 358 g/mol. The van der Waals surface area contributed by atoms with E-state index in [1.54, 1.807) is 7.11 Å². The van der Waals surface area contributed by atoms with Crippen LogP contribution in [-0.4, -0.2) is 18.9 Å². The molecule has 1 aromatic rings. The topological polar surface area (TPSA) is 21.3 Å². The van der Waals surface area contributed by atoms with Crippen molar-refractivity contribution in [3.8, 4) is 5.75 Å². The summed E-state index contributed by atoms with van der Waals surface area (Å²) in [6, 6.07) is 4.55. The van der Waals surface area contributed by atoms with E-state index < -0.39 is 0 Å². The van der Waals surface area contributed by atoms with Crippen LogP contribution in [0.5, 0.6) is 5.75 Å². The third kappa shape index (κ3) is 3.18. The smallest absolute Gasteiger partial charge is 0.124 e. The van der Waals surface area contributed by atoms with Crippen LogP contribution in [0.4, 0.5) is 0 Å². The van der Waals surface area contributed by atoms with Crippen LogP contribution in [0.3, 0.4) is 0 Å². The van der Waals surface area contributed by atoms with E-state index in [-0.39, 0.29) is 0 Å². The third-order valence-corrected chi connectivity index (χ3v) is 6.21. The highest BCUT2D eigenvalue weighted by atomic mass is 79.9. The van der Waals surface area contributed by atoms with Crippen molar-refractivity contribution >= 4 is 27.7 Å². The Bertz CT molecular complexity index is 464. The highest BCUT2D eigenvalue weighted by Crippen LogP contribution is 2.47. The lowest BCUT2D eigenvalue weighted by Crippen LogP contribution is -2.37. The van der Waals surface area contributed by atoms with Gasteiger partial charge in [0.2, 0.25) is 0 Å². The van der Waals surface area contributed by atoms with Crippen LogP contribution >= 0.6 is 27.7 Å². The van der Waals surface area contributed by atoms with Crippen LogP contribution in [-0.2, 0) is 5.75 Å². The predicted octanol–water partition coefficient (Wildman–Crippen LogP) is 4.77. The SMILES string of the molecule is CCCNC1c2c(OC)ccc(Br)c2CSC1C(C)C. The molecule has 0 spiro atoms. The maximum atomic E-state index is 5.64. The molecule has 0 aliphatic carbocycles. The number of halogens is 1. The number of rotatable bonds is 5. The van der Waals surface area contributed by atoms with E-state index in [0.717, 1.165) is 24.5 Å². The van der Waals surface area contributed by atoms with Gasteiger partial charge >= 0.3 is 0 Å². The number of thioether (sulfide) groups is 1. The largest absolute Gasteiger partial charge is 0.496 e. The van der Waals surface area contributed by atoms with Gasteiger partial charge in [-0.25, -0.2) is 0 Å². The van der Waals surface area contributed by atoms with Crippen molar-refractivity contribution in [3.63, 3.8) is 0 Å². The Morgan fingerprint density at radius 2 is 2.20 bits per heavy atom. The third-order valence-electron chi connectivity index (χ3n) is 3.81. The summed E-state index contributed by atoms with van der Waals surface area (Å²) in [5.74, 6) is 2.72. The molecule has 2 atom stereocenters. The van der Waals surface area contributed by atoms with Gasteiger partial charge in [0.05, 0.1) is 7.11 Å². The molecule has 1 N–H and O–H groups in total. The van der Waals surface area contributed by atoms with Gasteiger partial charge in [-0.15, -0.1) is 0 Å². The molecule has 1 aliphatic heterocycles. The fraction of sp³-hybridized carbons (Fsp3) is 0.625. The van der Waals surface area contributed by atoms with Crippen LogP contribution < -0.4 is 10.1 Å². The Morgan fingerprint density at radius 1 is 1.45 bits per heavy atom. The molecule has 1 heterocycles. The fourth-order valence-corrected chi connectivity index (χ4v) is 4.97. The highest BCUT2D eigenvalue weighted by molar-refractivity contribution is 9.10. The first-order valence-corrected chi connectivity index (χ1v) is 9.14. The van der Waals surface area contributed by atoms with Gasteiger partial charge in [-0.05, 0) is 36.6 Å². The number of fused-ring (bicyclic) bond motifs is 1. The summed E-state index contributed by atoms with van der Waals surface area (Å²) in [4.78, 5) is 0. The molecule has 1 aliphatic rings. The van der Waals surface area contributed by atoms with Crippen LogP contribution in [0.15, 0.2) is 16.6 Å². The van der Waals surface area contributed by atoms with Gasteiger partial charge in [-0.2, -0.15) is 11.8 Å². The zero-order valence-corrected chi connectivity index (χ0v) is 15.1. The first-order valence-electron chi connectivity index (χ1n) is 7.30. The van der Waals surface area contributed by atoms with E-state index in [0.29, 0.717) is 17.2 Å². The van der Waals surface area contributed by atoms with E-state index in [4.69, 9.17) is 4.74 Å². The van der Waals surface area contributed by atoms with Crippen molar-refractivity contribution < 1.29 is 4.74 Å². The number of ether oxygens (including phenoxy) is 1. The quantitative estimate of drug-likeness (QED) is 0.819. The zero-order chi connectivity index (χ0) is 14.7. The molecule has 20 heavy (non-hydrogen) atoms. The molecule has 0 saturated carbocycles. The number of benzene rings is 1. The summed E-state index contributed by atoms with van der Waals surface area (Å²) in [5, 5.41) is 4.33. The normalized spacial score (nSPS) is 21.9. The van der Waals surface area contributed by atoms with Crippen LogP contribution in [0.1, 0.15) is 44.4 Å². The summed E-state index contributed by atoms with van der Waals surface area (Å²) < 4.78 is 6.84. The molecule has 0 amide bonds. The van der Waals surface area contributed by atoms with Gasteiger partial charge in [0.15, 0.2) is 0 Å². The number of hydrogen-bond donors (Lipinski definition) is 1. The van der Waals surface area contributed by atoms with Crippen molar-refractivity contribution in [1.82, 2.24) is 5.32 Å². The lowest BCUT2D eigenvalue weighted by atomic mass is 9.91. The molecule has 0 saturated heterocycles. The molecule has 0 aromatic heterocycles. The molecular formula is C16H24BrNOS. The van der Waals surface area contributed by atoms with Crippen molar-refractivity contribution in [2.75, 3.05) is 13.7 Å². The van der Waals surface area contributed by atoms with Crippen molar-refractivity contribution in [3.05, 3.63) is 27.7 Å². The second kappa shape index (κ2) is 7.19. The monoisotopic (exact) mass is 357 g/mol. The Labute approximate surface area is 135 Å². The fourth-order valence-electron chi connectivity index (χ4n) is 2.82. The molecule has 2 rings (SSSR count). The minimum Gasteiger partial charge on any atom is -0.496 e. The van der Waals surface area contributed by atoms with Gasteiger partial charge in [0, 0.05) is 27.1 Å². The minimum atomic E-state index is 0.371. The van der Waals surface area contributed by atoms with Crippen LogP contribution in [0.25, 0.3) is 0 Å². The lowest BCUT2D eigenvalue weighted by Gasteiger charge is -2.37. The predicted molar refractivity (Wildman–Crippen MR) is 91.6 cm³/mol. The lowest BCUT2D eigenvalue weighted by molar-refractivity contribution is 0.382. The molecular weight excluding hydrogens is 334 g/mol. The number of methoxy groups -OCH3 is 1. The Balaban J connectivity index is 2.46. The molecule has 0 radical (unpaired) electrons. The molecule has 2 unspecified atom stereocenters. The molecule has 0 fully saturated rings. The first-order chi connectivity index (χ1) is 9.60. The second-order valence-corrected chi connectivity index (χ2v) is 7.61. The number of hydrogen-bond acceptors (Lipinski definition) is 3. The van der Waals surface area contributed by atoms with Crippen molar-refractivity contribution in [1.29, 1.82) is 0 Å². The molecule has 112 valence electrons. The Kier molecular flexibility index (Phi) is 5.82. The first kappa shape index (κ1) is 16.2. The standard InChI is InChI=1S/C16H24BrNOS/c1-5-8-18-15-14-11(9-20-16(15)10(2)3)12(17)6-7-13(14)19-4/h6-7,10,15-16,18H,5,8-9H2,1-4H3. The van der Waals surface area contributed by atoms with Crippen LogP contribution in [0.2, 0.25) is 0 Å². The maximum Gasteiger partial charge on any atom is 0.124 e. The summed E-state index contributed by atoms with van der Waals surface area (Å²) >= 11 is 5.76. The zero-order valence-electron chi connectivity index (χ0n) is 12.7. The van der Waals surface area contributed by atoms with Gasteiger partial charge in [0.1, 0.15) is 5.75 Å². The highest BCUT2D eigenvalue weighted by Gasteiger charge is 2.34. The number of nitrogens with one attached hydrogen (secondary N) is 1. The average Bonchev–Trinajstić information content (AvgIpc) is 2.45. The minimum absolute atomic E-state index is 0.371. The van der Waals surface area contributed by atoms with E-state index in [9.17, 15) is 0 Å². The molecule has 2 nitrogen and oxygen atoms in total. The van der Waals surface area contributed by atoms with Crippen LogP contribution in [0, 0.1) is 5.92 Å². The second-order valence-electron chi connectivity index (χ2n) is 5.59. The van der Waals surface area contributed by atoms with Gasteiger partial charge in [-0.3, -0.25) is 0 Å². The maximum absolute atomic E-state index is 5.64. The van der Waals surface area contributed by atoms with E-state index in [1.807, 2.05) is 0 Å². The Hall–Kier alpha value is -0.190. The summed E-state index contributed by atoms with van der Waals surface area (Å²) in [6.07, 6.45) is 1.15. The summed E-state index contributed by atoms with van der Waals surface area (Å²) in [5.41, 5.74) is 2.74. The van der Waals surface area contributed by atoms with Gasteiger partial charge < -0.3 is 10.1 Å². The van der Waals surface area contributed by atoms with Crippen molar-refractivity contribution in [2.45, 2.75) is 44.2 Å². The molecule has 4 heteroatoms. The van der Waals surface area contributed by atoms with E-state index in [2.05, 4.69) is 65.9 Å². The van der Waals surface area contributed by atoms with E-state index >= 15 is 0 Å². The molecule has 1 aromatic carbocycles. The summed E-state index contributed by atoms with van der Waals surface area (Å²) in [7, 11) is 1.77. The molecule has 0 bridgehead atoms. The Morgan fingerprint density at radius 3 is 2.80 bits per heavy atom. The van der Waals surface area contributed by atoms with Gasteiger partial charge in [-0.1, -0.05) is 36.7 Å². The van der Waals surface area contributed by atoms with E-state index in [1.165, 1.54) is 15.6 Å². The van der Waals surface area contributed by atoms with Gasteiger partial charge in [0.25, 0.3) is 0 Å².